The van der Waals surface area contributed by atoms with Crippen LogP contribution in [0.15, 0.2) is 64.2 Å². The Morgan fingerprint density at radius 1 is 0.914 bits per heavy atom. The van der Waals surface area contributed by atoms with Crippen LogP contribution in [-0.4, -0.2) is 33.5 Å². The molecule has 0 saturated carbocycles. The van der Waals surface area contributed by atoms with Crippen molar-refractivity contribution in [2.45, 2.75) is 65.1 Å². The summed E-state index contributed by atoms with van der Waals surface area (Å²) in [7, 11) is 0. The summed E-state index contributed by atoms with van der Waals surface area (Å²) < 4.78 is 2.52. The largest absolute Gasteiger partial charge is 0.356 e. The summed E-state index contributed by atoms with van der Waals surface area (Å²) in [6, 6.07) is 16.8. The molecule has 0 fully saturated rings. The molecule has 2 aromatic carbocycles. The summed E-state index contributed by atoms with van der Waals surface area (Å²) in [6.45, 7) is 4.46. The molecule has 2 amide bonds. The van der Waals surface area contributed by atoms with Gasteiger partial charge in [-0.25, -0.2) is 4.79 Å². The number of fused-ring (bicyclic) bond motifs is 1. The fraction of sp³-hybridized carbons (Fsp3) is 0.407. The highest BCUT2D eigenvalue weighted by Gasteiger charge is 2.16. The van der Waals surface area contributed by atoms with E-state index in [2.05, 4.69) is 10.6 Å². The van der Waals surface area contributed by atoms with E-state index in [1.807, 2.05) is 44.2 Å². The van der Waals surface area contributed by atoms with Crippen LogP contribution >= 0.6 is 0 Å². The topological polar surface area (TPSA) is 102 Å². The second-order valence-electron chi connectivity index (χ2n) is 8.76. The number of benzene rings is 2. The first kappa shape index (κ1) is 25.9. The zero-order chi connectivity index (χ0) is 25.2. The number of hydrogen-bond donors (Lipinski definition) is 2. The van der Waals surface area contributed by atoms with Crippen LogP contribution in [0.4, 0.5) is 0 Å². The standard InChI is InChI=1S/C27H34N4O4/c1-3-20(2)29-25(33)19-31-23-14-8-7-13-22(23)26(34)30(27(31)35)18-10-9-15-24(32)28-17-16-21-11-5-4-6-12-21/h4-8,11-14,20H,3,9-10,15-19H2,1-2H3,(H,28,32)(H,29,33)/t20-/m0/s1. The van der Waals surface area contributed by atoms with Crippen molar-refractivity contribution < 1.29 is 9.59 Å². The molecule has 186 valence electrons. The van der Waals surface area contributed by atoms with Crippen molar-refractivity contribution in [3.8, 4) is 0 Å². The molecule has 0 aliphatic rings. The van der Waals surface area contributed by atoms with E-state index in [0.29, 0.717) is 36.7 Å². The molecule has 0 radical (unpaired) electrons. The van der Waals surface area contributed by atoms with Gasteiger partial charge in [0.15, 0.2) is 0 Å². The van der Waals surface area contributed by atoms with Crippen molar-refractivity contribution in [1.82, 2.24) is 19.8 Å². The summed E-state index contributed by atoms with van der Waals surface area (Å²) in [5, 5.41) is 6.17. The van der Waals surface area contributed by atoms with E-state index < -0.39 is 5.69 Å². The molecule has 2 N–H and O–H groups in total. The van der Waals surface area contributed by atoms with Gasteiger partial charge in [0.2, 0.25) is 11.8 Å². The van der Waals surface area contributed by atoms with E-state index in [9.17, 15) is 19.2 Å². The van der Waals surface area contributed by atoms with E-state index in [1.54, 1.807) is 24.3 Å². The lowest BCUT2D eigenvalue weighted by Crippen LogP contribution is -2.43. The van der Waals surface area contributed by atoms with Crippen molar-refractivity contribution in [3.05, 3.63) is 81.0 Å². The maximum atomic E-state index is 13.2. The number of amides is 2. The third-order valence-corrected chi connectivity index (χ3v) is 6.07. The van der Waals surface area contributed by atoms with Gasteiger partial charge in [0.1, 0.15) is 6.54 Å². The zero-order valence-electron chi connectivity index (χ0n) is 20.5. The van der Waals surface area contributed by atoms with Crippen LogP contribution in [0.2, 0.25) is 0 Å². The minimum absolute atomic E-state index is 0.00536. The summed E-state index contributed by atoms with van der Waals surface area (Å²) in [6.07, 6.45) is 2.91. The maximum Gasteiger partial charge on any atom is 0.331 e. The molecule has 0 saturated heterocycles. The van der Waals surface area contributed by atoms with Crippen molar-refractivity contribution in [1.29, 1.82) is 0 Å². The highest BCUT2D eigenvalue weighted by molar-refractivity contribution is 5.81. The van der Waals surface area contributed by atoms with Crippen LogP contribution in [0.3, 0.4) is 0 Å². The Balaban J connectivity index is 1.62. The molecular formula is C27H34N4O4. The van der Waals surface area contributed by atoms with Crippen molar-refractivity contribution in [2.24, 2.45) is 0 Å². The second-order valence-corrected chi connectivity index (χ2v) is 8.76. The lowest BCUT2D eigenvalue weighted by atomic mass is 10.1. The van der Waals surface area contributed by atoms with Gasteiger partial charge >= 0.3 is 5.69 Å². The van der Waals surface area contributed by atoms with Gasteiger partial charge in [-0.3, -0.25) is 23.5 Å². The number of para-hydroxylation sites is 1. The lowest BCUT2D eigenvalue weighted by Gasteiger charge is -2.16. The van der Waals surface area contributed by atoms with Crippen LogP contribution in [0.25, 0.3) is 10.9 Å². The first-order valence-electron chi connectivity index (χ1n) is 12.2. The minimum atomic E-state index is -0.514. The third-order valence-electron chi connectivity index (χ3n) is 6.07. The molecule has 1 aromatic heterocycles. The van der Waals surface area contributed by atoms with Gasteiger partial charge in [0.25, 0.3) is 5.56 Å². The number of nitrogens with one attached hydrogen (secondary N) is 2. The van der Waals surface area contributed by atoms with Gasteiger partial charge < -0.3 is 10.6 Å². The van der Waals surface area contributed by atoms with Crippen LogP contribution in [0.5, 0.6) is 0 Å². The molecule has 0 unspecified atom stereocenters. The summed E-state index contributed by atoms with van der Waals surface area (Å²) in [4.78, 5) is 50.8. The fourth-order valence-electron chi connectivity index (χ4n) is 3.92. The van der Waals surface area contributed by atoms with Crippen LogP contribution in [-0.2, 0) is 29.1 Å². The van der Waals surface area contributed by atoms with E-state index in [4.69, 9.17) is 0 Å². The second kappa shape index (κ2) is 12.7. The summed E-state index contributed by atoms with van der Waals surface area (Å²) in [5.41, 5.74) is 0.713. The van der Waals surface area contributed by atoms with Gasteiger partial charge in [-0.2, -0.15) is 0 Å². The average molecular weight is 479 g/mol. The molecule has 3 rings (SSSR count). The molecular weight excluding hydrogens is 444 g/mol. The van der Waals surface area contributed by atoms with Crippen molar-refractivity contribution in [2.75, 3.05) is 6.54 Å². The number of rotatable bonds is 12. The van der Waals surface area contributed by atoms with Gasteiger partial charge in [0, 0.05) is 25.6 Å². The van der Waals surface area contributed by atoms with Gasteiger partial charge in [-0.15, -0.1) is 0 Å². The molecule has 0 aliphatic heterocycles. The first-order chi connectivity index (χ1) is 16.9. The highest BCUT2D eigenvalue weighted by atomic mass is 16.2. The first-order valence-corrected chi connectivity index (χ1v) is 12.2. The Morgan fingerprint density at radius 2 is 1.63 bits per heavy atom. The normalized spacial score (nSPS) is 11.8. The quantitative estimate of drug-likeness (QED) is 0.391. The smallest absolute Gasteiger partial charge is 0.331 e. The SMILES string of the molecule is CC[C@H](C)NC(=O)Cn1c(=O)n(CCCCC(=O)NCCc2ccccc2)c(=O)c2ccccc21. The van der Waals surface area contributed by atoms with E-state index in [1.165, 1.54) is 9.13 Å². The fourth-order valence-corrected chi connectivity index (χ4v) is 3.92. The summed E-state index contributed by atoms with van der Waals surface area (Å²) >= 11 is 0. The van der Waals surface area contributed by atoms with Gasteiger partial charge in [-0.05, 0) is 50.3 Å². The number of carbonyl (C=O) groups is 2. The highest BCUT2D eigenvalue weighted by Crippen LogP contribution is 2.08. The lowest BCUT2D eigenvalue weighted by molar-refractivity contribution is -0.122. The van der Waals surface area contributed by atoms with Crippen LogP contribution in [0.1, 0.15) is 45.1 Å². The van der Waals surface area contributed by atoms with E-state index >= 15 is 0 Å². The van der Waals surface area contributed by atoms with Crippen molar-refractivity contribution in [3.63, 3.8) is 0 Å². The van der Waals surface area contributed by atoms with Crippen LogP contribution < -0.4 is 21.9 Å². The predicted octanol–water partition coefficient (Wildman–Crippen LogP) is 2.61. The molecule has 0 bridgehead atoms. The number of hydrogen-bond acceptors (Lipinski definition) is 4. The maximum absolute atomic E-state index is 13.2. The number of unbranched alkanes of at least 4 members (excludes halogenated alkanes) is 1. The number of aromatic nitrogens is 2. The Kier molecular flexibility index (Phi) is 9.40. The van der Waals surface area contributed by atoms with Crippen LogP contribution in [0, 0.1) is 0 Å². The molecule has 0 spiro atoms. The molecule has 0 aliphatic carbocycles. The Morgan fingerprint density at radius 3 is 2.37 bits per heavy atom. The third kappa shape index (κ3) is 7.15. The molecule has 35 heavy (non-hydrogen) atoms. The van der Waals surface area contributed by atoms with E-state index in [0.717, 1.165) is 18.4 Å². The Labute approximate surface area is 205 Å². The van der Waals surface area contributed by atoms with Gasteiger partial charge in [0.05, 0.1) is 10.9 Å². The molecule has 3 aromatic rings. The van der Waals surface area contributed by atoms with Crippen molar-refractivity contribution >= 4 is 22.7 Å². The minimum Gasteiger partial charge on any atom is -0.356 e. The molecule has 1 heterocycles. The summed E-state index contributed by atoms with van der Waals surface area (Å²) in [5.74, 6) is -0.324. The zero-order valence-corrected chi connectivity index (χ0v) is 20.5. The number of nitrogens with zero attached hydrogens (tertiary/aromatic N) is 2. The van der Waals surface area contributed by atoms with Gasteiger partial charge in [-0.1, -0.05) is 49.4 Å². The molecule has 1 atom stereocenters. The molecule has 8 heteroatoms. The predicted molar refractivity (Wildman–Crippen MR) is 137 cm³/mol. The Hall–Kier alpha value is -3.68. The Bertz CT molecular complexity index is 1260. The number of carbonyl (C=O) groups excluding carboxylic acids is 2. The average Bonchev–Trinajstić information content (AvgIpc) is 2.86. The monoisotopic (exact) mass is 478 g/mol. The van der Waals surface area contributed by atoms with E-state index in [-0.39, 0.29) is 36.5 Å². The molecule has 8 nitrogen and oxygen atoms in total.